The van der Waals surface area contributed by atoms with Crippen LogP contribution in [-0.4, -0.2) is 26.5 Å². The number of benzene rings is 1. The minimum absolute atomic E-state index is 0.00229. The van der Waals surface area contributed by atoms with Crippen molar-refractivity contribution in [2.75, 3.05) is 12.8 Å². The van der Waals surface area contributed by atoms with Crippen molar-refractivity contribution in [2.24, 2.45) is 14.1 Å². The van der Waals surface area contributed by atoms with E-state index in [1.165, 1.54) is 37.9 Å². The third kappa shape index (κ3) is 2.10. The molecule has 2 aromatic rings. The van der Waals surface area contributed by atoms with Crippen molar-refractivity contribution in [3.8, 4) is 28.5 Å². The lowest BCUT2D eigenvalue weighted by molar-refractivity contribution is 0.351. The van der Waals surface area contributed by atoms with Crippen LogP contribution in [0.1, 0.15) is 0 Å². The average Bonchev–Trinajstić information content (AvgIpc) is 2.46. The molecule has 1 heterocycles. The summed E-state index contributed by atoms with van der Waals surface area (Å²) in [6, 6.07) is 2.57. The molecule has 0 spiro atoms. The SMILES string of the molecule is COc1cc(-c2c(N)c(=O)n(C)c(=O)n2C)cc(O)c1O. The Labute approximate surface area is 119 Å². The molecule has 21 heavy (non-hydrogen) atoms. The summed E-state index contributed by atoms with van der Waals surface area (Å²) in [5.41, 5.74) is 4.85. The molecule has 1 aromatic carbocycles. The fourth-order valence-electron chi connectivity index (χ4n) is 2.10. The highest BCUT2D eigenvalue weighted by molar-refractivity contribution is 5.76. The fourth-order valence-corrected chi connectivity index (χ4v) is 2.10. The van der Waals surface area contributed by atoms with E-state index in [1.807, 2.05) is 0 Å². The Hall–Kier alpha value is -2.90. The first-order valence-corrected chi connectivity index (χ1v) is 5.95. The summed E-state index contributed by atoms with van der Waals surface area (Å²) in [5.74, 6) is -0.886. The summed E-state index contributed by atoms with van der Waals surface area (Å²) in [5, 5.41) is 19.3. The summed E-state index contributed by atoms with van der Waals surface area (Å²) in [4.78, 5) is 23.9. The van der Waals surface area contributed by atoms with Gasteiger partial charge in [0.05, 0.1) is 12.8 Å². The van der Waals surface area contributed by atoms with Crippen LogP contribution in [0.25, 0.3) is 11.3 Å². The number of hydrogen-bond acceptors (Lipinski definition) is 6. The molecular formula is C13H15N3O5. The number of hydrogen-bond donors (Lipinski definition) is 3. The number of rotatable bonds is 2. The van der Waals surface area contributed by atoms with Gasteiger partial charge in [0.1, 0.15) is 5.69 Å². The first-order chi connectivity index (χ1) is 9.79. The molecular weight excluding hydrogens is 278 g/mol. The molecule has 1 aromatic heterocycles. The minimum Gasteiger partial charge on any atom is -0.504 e. The number of nitrogen functional groups attached to an aromatic ring is 1. The van der Waals surface area contributed by atoms with Gasteiger partial charge < -0.3 is 20.7 Å². The van der Waals surface area contributed by atoms with Gasteiger partial charge in [-0.3, -0.25) is 13.9 Å². The number of methoxy groups -OCH3 is 1. The zero-order chi connectivity index (χ0) is 15.9. The normalized spacial score (nSPS) is 10.6. The average molecular weight is 293 g/mol. The highest BCUT2D eigenvalue weighted by atomic mass is 16.5. The second-order valence-electron chi connectivity index (χ2n) is 4.51. The molecule has 0 radical (unpaired) electrons. The maximum Gasteiger partial charge on any atom is 0.331 e. The summed E-state index contributed by atoms with van der Waals surface area (Å²) in [6.45, 7) is 0. The van der Waals surface area contributed by atoms with Gasteiger partial charge >= 0.3 is 5.69 Å². The van der Waals surface area contributed by atoms with E-state index >= 15 is 0 Å². The Balaban J connectivity index is 2.89. The van der Waals surface area contributed by atoms with Gasteiger partial charge in [-0.25, -0.2) is 4.79 Å². The standard InChI is InChI=1S/C13H15N3O5/c1-15-10(9(14)12(19)16(2)13(15)20)6-4-7(17)11(18)8(5-6)21-3/h4-5,17-18H,14H2,1-3H3. The lowest BCUT2D eigenvalue weighted by Gasteiger charge is -2.14. The number of aromatic hydroxyl groups is 2. The lowest BCUT2D eigenvalue weighted by atomic mass is 10.1. The van der Waals surface area contributed by atoms with E-state index in [9.17, 15) is 19.8 Å². The van der Waals surface area contributed by atoms with Crippen molar-refractivity contribution in [2.45, 2.75) is 0 Å². The van der Waals surface area contributed by atoms with Crippen molar-refractivity contribution < 1.29 is 14.9 Å². The van der Waals surface area contributed by atoms with Crippen LogP contribution >= 0.6 is 0 Å². The van der Waals surface area contributed by atoms with Gasteiger partial charge in [-0.05, 0) is 12.1 Å². The molecule has 8 nitrogen and oxygen atoms in total. The molecule has 0 aliphatic carbocycles. The van der Waals surface area contributed by atoms with E-state index in [1.54, 1.807) is 0 Å². The third-order valence-electron chi connectivity index (χ3n) is 3.25. The summed E-state index contributed by atoms with van der Waals surface area (Å²) in [6.07, 6.45) is 0. The number of anilines is 1. The number of nitrogens with two attached hydrogens (primary N) is 1. The molecule has 0 saturated carbocycles. The lowest BCUT2D eigenvalue weighted by Crippen LogP contribution is -2.39. The van der Waals surface area contributed by atoms with Crippen LogP contribution in [0.5, 0.6) is 17.2 Å². The molecule has 0 atom stereocenters. The number of ether oxygens (including phenoxy) is 1. The zero-order valence-corrected chi connectivity index (χ0v) is 11.7. The predicted octanol–water partition coefficient (Wildman–Crippen LogP) is -0.247. The number of phenolic OH excluding ortho intramolecular Hbond substituents is 2. The monoisotopic (exact) mass is 293 g/mol. The van der Waals surface area contributed by atoms with Gasteiger partial charge in [0, 0.05) is 19.7 Å². The molecule has 4 N–H and O–H groups in total. The number of nitrogens with zero attached hydrogens (tertiary/aromatic N) is 2. The Morgan fingerprint density at radius 3 is 2.33 bits per heavy atom. The first kappa shape index (κ1) is 14.5. The van der Waals surface area contributed by atoms with Crippen LogP contribution < -0.4 is 21.7 Å². The molecule has 112 valence electrons. The van der Waals surface area contributed by atoms with Gasteiger partial charge in [-0.1, -0.05) is 0 Å². The van der Waals surface area contributed by atoms with E-state index < -0.39 is 22.7 Å². The van der Waals surface area contributed by atoms with Gasteiger partial charge in [-0.15, -0.1) is 0 Å². The topological polar surface area (TPSA) is 120 Å². The quantitative estimate of drug-likeness (QED) is 0.657. The Kier molecular flexibility index (Phi) is 3.38. The summed E-state index contributed by atoms with van der Waals surface area (Å²) in [7, 11) is 4.08. The van der Waals surface area contributed by atoms with Crippen molar-refractivity contribution in [3.05, 3.63) is 33.0 Å². The molecule has 0 amide bonds. The third-order valence-corrected chi connectivity index (χ3v) is 3.25. The maximum atomic E-state index is 12.0. The Morgan fingerprint density at radius 1 is 1.14 bits per heavy atom. The molecule has 0 bridgehead atoms. The summed E-state index contributed by atoms with van der Waals surface area (Å²) < 4.78 is 7.00. The van der Waals surface area contributed by atoms with Crippen LogP contribution in [0.4, 0.5) is 5.69 Å². The van der Waals surface area contributed by atoms with Gasteiger partial charge in [0.25, 0.3) is 5.56 Å². The molecule has 0 aliphatic heterocycles. The second-order valence-corrected chi connectivity index (χ2v) is 4.51. The molecule has 2 rings (SSSR count). The van der Waals surface area contributed by atoms with Gasteiger partial charge in [-0.2, -0.15) is 0 Å². The van der Waals surface area contributed by atoms with Crippen molar-refractivity contribution in [1.29, 1.82) is 0 Å². The molecule has 0 fully saturated rings. The first-order valence-electron chi connectivity index (χ1n) is 5.95. The minimum atomic E-state index is -0.639. The predicted molar refractivity (Wildman–Crippen MR) is 76.7 cm³/mol. The van der Waals surface area contributed by atoms with Gasteiger partial charge in [0.2, 0.25) is 5.75 Å². The van der Waals surface area contributed by atoms with E-state index in [0.717, 1.165) is 4.57 Å². The highest BCUT2D eigenvalue weighted by Crippen LogP contribution is 2.39. The van der Waals surface area contributed by atoms with Crippen molar-refractivity contribution >= 4 is 5.69 Å². The smallest absolute Gasteiger partial charge is 0.331 e. The van der Waals surface area contributed by atoms with Gasteiger partial charge in [0.15, 0.2) is 11.5 Å². The second kappa shape index (κ2) is 4.89. The fraction of sp³-hybridized carbons (Fsp3) is 0.231. The van der Waals surface area contributed by atoms with E-state index in [4.69, 9.17) is 10.5 Å². The number of phenols is 2. The zero-order valence-electron chi connectivity index (χ0n) is 11.7. The Morgan fingerprint density at radius 2 is 1.76 bits per heavy atom. The molecule has 8 heteroatoms. The van der Waals surface area contributed by atoms with Crippen LogP contribution in [0.15, 0.2) is 21.7 Å². The largest absolute Gasteiger partial charge is 0.504 e. The van der Waals surface area contributed by atoms with E-state index in [2.05, 4.69) is 0 Å². The molecule has 0 unspecified atom stereocenters. The molecule has 0 saturated heterocycles. The molecule has 0 aliphatic rings. The van der Waals surface area contributed by atoms with Crippen molar-refractivity contribution in [1.82, 2.24) is 9.13 Å². The Bertz CT molecular complexity index is 798. The van der Waals surface area contributed by atoms with Crippen LogP contribution in [0.2, 0.25) is 0 Å². The van der Waals surface area contributed by atoms with Crippen LogP contribution in [0, 0.1) is 0 Å². The summed E-state index contributed by atoms with van der Waals surface area (Å²) >= 11 is 0. The van der Waals surface area contributed by atoms with Crippen molar-refractivity contribution in [3.63, 3.8) is 0 Å². The highest BCUT2D eigenvalue weighted by Gasteiger charge is 2.18. The van der Waals surface area contributed by atoms with Crippen LogP contribution in [-0.2, 0) is 14.1 Å². The van der Waals surface area contributed by atoms with Crippen LogP contribution in [0.3, 0.4) is 0 Å². The number of aromatic nitrogens is 2. The maximum absolute atomic E-state index is 12.0. The van der Waals surface area contributed by atoms with E-state index in [0.29, 0.717) is 0 Å². The van der Waals surface area contributed by atoms with E-state index in [-0.39, 0.29) is 22.7 Å².